The number of nitrogens with zero attached hydrogens (tertiary/aromatic N) is 2. The summed E-state index contributed by atoms with van der Waals surface area (Å²) in [5.41, 5.74) is 12.0. The van der Waals surface area contributed by atoms with E-state index >= 15 is 0 Å². The molecule has 2 heterocycles. The standard InChI is InChI=1S/C42H27N2.Al/c1-3-12-29(13-4-1)31-22-24-41-37(27-31)38-28-32(23-25-42(38)43(41)33-15-5-2-6-16-33)30-14-11-17-34(26-30)44-39-20-9-7-18-35(39)36-19-8-10-21-40(36)44;/h1-15,17-28H;. The number of hydrogen-bond acceptors (Lipinski definition) is 0. The van der Waals surface area contributed by atoms with Gasteiger partial charge in [0.1, 0.15) is 0 Å². The predicted molar refractivity (Wildman–Crippen MR) is 191 cm³/mol. The lowest BCUT2D eigenvalue weighted by atomic mass is 10.00. The zero-order valence-corrected chi connectivity index (χ0v) is 25.7. The van der Waals surface area contributed by atoms with Crippen LogP contribution < -0.4 is 4.43 Å². The van der Waals surface area contributed by atoms with Gasteiger partial charge >= 0.3 is 0 Å². The van der Waals surface area contributed by atoms with Gasteiger partial charge in [-0.05, 0) is 76.9 Å². The normalized spacial score (nSPS) is 11.6. The fourth-order valence-electron chi connectivity index (χ4n) is 6.99. The van der Waals surface area contributed by atoms with E-state index in [-0.39, 0.29) is 0 Å². The molecule has 9 aromatic rings. The van der Waals surface area contributed by atoms with Crippen molar-refractivity contribution in [2.45, 2.75) is 0 Å². The Balaban J connectivity index is 1.27. The average molecular weight is 587 g/mol. The molecular weight excluding hydrogens is 559 g/mol. The summed E-state index contributed by atoms with van der Waals surface area (Å²) in [4.78, 5) is 0. The number of para-hydroxylation sites is 3. The maximum atomic E-state index is 2.92. The SMILES string of the molecule is [Al][c]1ccccc1-n1c2ccc(-c3ccccc3)cc2c2cc(-c3cccc(-n4c5ccccc5c5ccccc54)c3)ccc21. The first-order valence-corrected chi connectivity index (χ1v) is 15.9. The van der Waals surface area contributed by atoms with Crippen molar-refractivity contribution in [2.75, 3.05) is 0 Å². The molecule has 0 bridgehead atoms. The molecule has 0 saturated carbocycles. The molecule has 2 radical (unpaired) electrons. The fraction of sp³-hybridized carbons (Fsp3) is 0. The third-order valence-electron chi connectivity index (χ3n) is 9.07. The Morgan fingerprint density at radius 2 is 0.844 bits per heavy atom. The largest absolute Gasteiger partial charge is 0.311 e. The van der Waals surface area contributed by atoms with Crippen molar-refractivity contribution in [1.82, 2.24) is 9.13 Å². The molecule has 0 aliphatic rings. The van der Waals surface area contributed by atoms with Gasteiger partial charge in [-0.25, -0.2) is 0 Å². The van der Waals surface area contributed by atoms with Crippen molar-refractivity contribution in [1.29, 1.82) is 0 Å². The first-order valence-electron chi connectivity index (χ1n) is 15.3. The maximum Gasteiger partial charge on any atom is 0.179 e. The Morgan fingerprint density at radius 1 is 0.333 bits per heavy atom. The van der Waals surface area contributed by atoms with E-state index in [4.69, 9.17) is 0 Å². The van der Waals surface area contributed by atoms with Crippen LogP contribution in [0.1, 0.15) is 0 Å². The predicted octanol–water partition coefficient (Wildman–Crippen LogP) is 10.0. The first kappa shape index (κ1) is 26.1. The van der Waals surface area contributed by atoms with E-state index in [0.29, 0.717) is 0 Å². The van der Waals surface area contributed by atoms with Gasteiger partial charge in [0.2, 0.25) is 0 Å². The van der Waals surface area contributed by atoms with Crippen molar-refractivity contribution in [3.05, 3.63) is 164 Å². The zero-order valence-electron chi connectivity index (χ0n) is 24.6. The van der Waals surface area contributed by atoms with Crippen LogP contribution in [-0.2, 0) is 0 Å². The van der Waals surface area contributed by atoms with Gasteiger partial charge in [-0.15, -0.1) is 4.43 Å². The highest BCUT2D eigenvalue weighted by molar-refractivity contribution is 6.35. The fourth-order valence-corrected chi connectivity index (χ4v) is 7.33. The van der Waals surface area contributed by atoms with E-state index in [0.717, 1.165) is 5.69 Å². The molecule has 0 fully saturated rings. The highest BCUT2D eigenvalue weighted by Gasteiger charge is 2.16. The molecular formula is C42H27AlN2. The van der Waals surface area contributed by atoms with Crippen LogP contribution in [0.5, 0.6) is 0 Å². The minimum absolute atomic E-state index is 1.16. The van der Waals surface area contributed by atoms with Crippen molar-refractivity contribution in [3.63, 3.8) is 0 Å². The van der Waals surface area contributed by atoms with Crippen molar-refractivity contribution in [3.8, 4) is 33.6 Å². The lowest BCUT2D eigenvalue weighted by Crippen LogP contribution is -2.11. The Kier molecular flexibility index (Phi) is 6.03. The van der Waals surface area contributed by atoms with Gasteiger partial charge in [0.05, 0.1) is 22.1 Å². The summed E-state index contributed by atoms with van der Waals surface area (Å²) in [7, 11) is 0. The van der Waals surface area contributed by atoms with Gasteiger partial charge in [0.15, 0.2) is 16.3 Å². The second-order valence-electron chi connectivity index (χ2n) is 11.6. The van der Waals surface area contributed by atoms with E-state index in [2.05, 4.69) is 189 Å². The van der Waals surface area contributed by atoms with Gasteiger partial charge in [0, 0.05) is 32.9 Å². The third kappa shape index (κ3) is 4.17. The van der Waals surface area contributed by atoms with Gasteiger partial charge in [-0.2, -0.15) is 0 Å². The molecule has 0 aliphatic heterocycles. The Bertz CT molecular complexity index is 2500. The Morgan fingerprint density at radius 3 is 1.51 bits per heavy atom. The average Bonchev–Trinajstić information content (AvgIpc) is 3.61. The molecule has 0 amide bonds. The molecule has 3 heteroatoms. The quantitative estimate of drug-likeness (QED) is 0.182. The lowest BCUT2D eigenvalue weighted by Gasteiger charge is -2.13. The van der Waals surface area contributed by atoms with E-state index < -0.39 is 0 Å². The molecule has 9 rings (SSSR count). The summed E-state index contributed by atoms with van der Waals surface area (Å²) in [6.07, 6.45) is 0. The maximum absolute atomic E-state index is 2.92. The molecule has 0 unspecified atom stereocenters. The minimum atomic E-state index is 1.16. The highest BCUT2D eigenvalue weighted by atomic mass is 27.0. The molecule has 7 aromatic carbocycles. The molecule has 0 spiro atoms. The van der Waals surface area contributed by atoms with Gasteiger partial charge in [-0.1, -0.05) is 109 Å². The Hall–Kier alpha value is -5.33. The molecule has 208 valence electrons. The summed E-state index contributed by atoms with van der Waals surface area (Å²) in [6.45, 7) is 0. The van der Waals surface area contributed by atoms with Crippen molar-refractivity contribution in [2.24, 2.45) is 0 Å². The smallest absolute Gasteiger partial charge is 0.179 e. The van der Waals surface area contributed by atoms with Crippen LogP contribution in [0.3, 0.4) is 0 Å². The van der Waals surface area contributed by atoms with Gasteiger partial charge < -0.3 is 9.13 Å². The molecule has 2 nitrogen and oxygen atoms in total. The van der Waals surface area contributed by atoms with Crippen LogP contribution in [0.25, 0.3) is 77.2 Å². The van der Waals surface area contributed by atoms with E-state index in [9.17, 15) is 0 Å². The Labute approximate surface area is 269 Å². The topological polar surface area (TPSA) is 9.86 Å². The zero-order chi connectivity index (χ0) is 29.9. The molecule has 0 saturated heterocycles. The number of benzene rings is 7. The van der Waals surface area contributed by atoms with E-state index in [1.54, 1.807) is 0 Å². The molecule has 0 N–H and O–H groups in total. The number of fused-ring (bicyclic) bond motifs is 6. The molecule has 0 atom stereocenters. The second kappa shape index (κ2) is 10.4. The van der Waals surface area contributed by atoms with Crippen LogP contribution in [0, 0.1) is 0 Å². The summed E-state index contributed by atoms with van der Waals surface area (Å²) >= 11 is 2.92. The van der Waals surface area contributed by atoms with Crippen LogP contribution >= 0.6 is 0 Å². The van der Waals surface area contributed by atoms with Crippen LogP contribution in [0.2, 0.25) is 0 Å². The van der Waals surface area contributed by atoms with Crippen molar-refractivity contribution < 1.29 is 0 Å². The van der Waals surface area contributed by atoms with E-state index in [1.165, 1.54) is 76.0 Å². The van der Waals surface area contributed by atoms with Crippen LogP contribution in [0.4, 0.5) is 0 Å². The van der Waals surface area contributed by atoms with Crippen LogP contribution in [0.15, 0.2) is 164 Å². The molecule has 2 aromatic heterocycles. The molecule has 0 aliphatic carbocycles. The van der Waals surface area contributed by atoms with Crippen LogP contribution in [-0.4, -0.2) is 25.4 Å². The number of aromatic nitrogens is 2. The second-order valence-corrected chi connectivity index (χ2v) is 12.3. The third-order valence-corrected chi connectivity index (χ3v) is 9.56. The van der Waals surface area contributed by atoms with Gasteiger partial charge in [0.25, 0.3) is 0 Å². The highest BCUT2D eigenvalue weighted by Crippen LogP contribution is 2.38. The summed E-state index contributed by atoms with van der Waals surface area (Å²) in [5, 5.41) is 5.04. The lowest BCUT2D eigenvalue weighted by molar-refractivity contribution is 1.18. The van der Waals surface area contributed by atoms with E-state index in [1.807, 2.05) is 0 Å². The summed E-state index contributed by atoms with van der Waals surface area (Å²) < 4.78 is 5.96. The van der Waals surface area contributed by atoms with Crippen molar-refractivity contribution >= 4 is 64.3 Å². The number of hydrogen-bond donors (Lipinski definition) is 0. The molecule has 45 heavy (non-hydrogen) atoms. The summed E-state index contributed by atoms with van der Waals surface area (Å²) in [6, 6.07) is 59.4. The first-order chi connectivity index (χ1) is 22.2. The summed E-state index contributed by atoms with van der Waals surface area (Å²) in [5.74, 6) is 0. The minimum Gasteiger partial charge on any atom is -0.311 e. The van der Waals surface area contributed by atoms with Gasteiger partial charge in [-0.3, -0.25) is 0 Å². The monoisotopic (exact) mass is 586 g/mol. The number of rotatable bonds is 4.